The first-order valence-electron chi connectivity index (χ1n) is 8.89. The van der Waals surface area contributed by atoms with Gasteiger partial charge in [0.05, 0.1) is 28.5 Å². The molecule has 1 N–H and O–H groups in total. The fourth-order valence-electron chi connectivity index (χ4n) is 2.80. The predicted octanol–water partition coefficient (Wildman–Crippen LogP) is 5.60. The number of benzene rings is 3. The van der Waals surface area contributed by atoms with Gasteiger partial charge in [0.15, 0.2) is 0 Å². The fourth-order valence-corrected chi connectivity index (χ4v) is 5.27. The molecule has 0 fully saturated rings. The number of methoxy groups -OCH3 is 1. The highest BCUT2D eigenvalue weighted by Gasteiger charge is 2.30. The Morgan fingerprint density at radius 3 is 2.45 bits per heavy atom. The number of ether oxygens (including phenoxy) is 1. The van der Waals surface area contributed by atoms with E-state index in [9.17, 15) is 13.2 Å². The van der Waals surface area contributed by atoms with E-state index in [1.807, 2.05) is 0 Å². The van der Waals surface area contributed by atoms with Crippen LogP contribution in [-0.4, -0.2) is 28.0 Å². The molecule has 6 nitrogen and oxygen atoms in total. The van der Waals surface area contributed by atoms with Gasteiger partial charge in [0, 0.05) is 4.47 Å². The number of nitrogens with one attached hydrogen (secondary N) is 1. The molecule has 0 spiro atoms. The quantitative estimate of drug-likeness (QED) is 0.421. The Morgan fingerprint density at radius 2 is 1.77 bits per heavy atom. The first kappa shape index (κ1) is 23.4. The lowest BCUT2D eigenvalue weighted by molar-refractivity contribution is -0.114. The monoisotopic (exact) mass is 542 g/mol. The smallest absolute Gasteiger partial charge is 0.268 e. The molecule has 3 rings (SSSR count). The summed E-state index contributed by atoms with van der Waals surface area (Å²) in [6.45, 7) is -0.495. The van der Waals surface area contributed by atoms with E-state index in [1.165, 1.54) is 19.2 Å². The molecule has 162 valence electrons. The molecule has 0 aromatic heterocycles. The molecular weight excluding hydrogens is 527 g/mol. The van der Waals surface area contributed by atoms with E-state index in [1.54, 1.807) is 54.6 Å². The van der Waals surface area contributed by atoms with Crippen molar-refractivity contribution in [2.45, 2.75) is 4.90 Å². The summed E-state index contributed by atoms with van der Waals surface area (Å²) in [4.78, 5) is 12.7. The molecule has 3 aromatic rings. The van der Waals surface area contributed by atoms with Crippen LogP contribution in [0.1, 0.15) is 0 Å². The minimum atomic E-state index is -4.17. The van der Waals surface area contributed by atoms with Crippen molar-refractivity contribution >= 4 is 66.4 Å². The van der Waals surface area contributed by atoms with Gasteiger partial charge in [-0.1, -0.05) is 63.4 Å². The highest BCUT2D eigenvalue weighted by molar-refractivity contribution is 9.10. The zero-order valence-electron chi connectivity index (χ0n) is 16.2. The largest absolute Gasteiger partial charge is 0.495 e. The molecule has 1 amide bonds. The van der Waals surface area contributed by atoms with E-state index < -0.39 is 22.5 Å². The van der Waals surface area contributed by atoms with Crippen LogP contribution in [0, 0.1) is 0 Å². The second-order valence-corrected chi connectivity index (χ2v) is 9.82. The van der Waals surface area contributed by atoms with Crippen molar-refractivity contribution in [2.24, 2.45) is 0 Å². The maximum Gasteiger partial charge on any atom is 0.268 e. The topological polar surface area (TPSA) is 75.7 Å². The average molecular weight is 544 g/mol. The Labute approximate surface area is 198 Å². The van der Waals surface area contributed by atoms with E-state index in [0.717, 1.165) is 4.31 Å². The first-order chi connectivity index (χ1) is 14.7. The number of amides is 1. The van der Waals surface area contributed by atoms with Gasteiger partial charge in [0.1, 0.15) is 17.2 Å². The summed E-state index contributed by atoms with van der Waals surface area (Å²) < 4.78 is 33.9. The van der Waals surface area contributed by atoms with Crippen molar-refractivity contribution in [3.63, 3.8) is 0 Å². The molecule has 0 bridgehead atoms. The number of hydrogen-bond donors (Lipinski definition) is 1. The van der Waals surface area contributed by atoms with Crippen LogP contribution >= 0.6 is 39.1 Å². The van der Waals surface area contributed by atoms with Gasteiger partial charge in [-0.15, -0.1) is 0 Å². The van der Waals surface area contributed by atoms with Gasteiger partial charge in [-0.05, 0) is 42.5 Å². The van der Waals surface area contributed by atoms with Gasteiger partial charge in [-0.2, -0.15) is 0 Å². The minimum Gasteiger partial charge on any atom is -0.495 e. The minimum absolute atomic E-state index is 0.0817. The summed E-state index contributed by atoms with van der Waals surface area (Å²) in [6, 6.07) is 17.7. The van der Waals surface area contributed by atoms with Gasteiger partial charge in [0.2, 0.25) is 5.91 Å². The van der Waals surface area contributed by atoms with Crippen LogP contribution in [0.5, 0.6) is 5.75 Å². The fraction of sp³-hybridized carbons (Fsp3) is 0.0952. The number of carbonyl (C=O) groups is 1. The normalized spacial score (nSPS) is 11.1. The average Bonchev–Trinajstić information content (AvgIpc) is 2.75. The maximum absolute atomic E-state index is 13.6. The van der Waals surface area contributed by atoms with Crippen LogP contribution < -0.4 is 14.4 Å². The van der Waals surface area contributed by atoms with Gasteiger partial charge < -0.3 is 10.1 Å². The zero-order valence-corrected chi connectivity index (χ0v) is 20.1. The molecule has 10 heteroatoms. The number of rotatable bonds is 7. The molecule has 0 atom stereocenters. The van der Waals surface area contributed by atoms with Crippen molar-refractivity contribution in [3.8, 4) is 5.75 Å². The second kappa shape index (κ2) is 9.91. The molecule has 0 aliphatic carbocycles. The lowest BCUT2D eigenvalue weighted by Crippen LogP contribution is -2.38. The van der Waals surface area contributed by atoms with Crippen molar-refractivity contribution in [3.05, 3.63) is 81.2 Å². The number of halogens is 3. The SMILES string of the molecule is COc1ccc(Br)cc1S(=O)(=O)N(CC(=O)Nc1cccc(Cl)c1Cl)c1ccccc1. The number of nitrogens with zero attached hydrogens (tertiary/aromatic N) is 1. The number of anilines is 2. The number of sulfonamides is 1. The predicted molar refractivity (Wildman–Crippen MR) is 127 cm³/mol. The molecular formula is C21H17BrCl2N2O4S. The van der Waals surface area contributed by atoms with Gasteiger partial charge >= 0.3 is 0 Å². The van der Waals surface area contributed by atoms with Gasteiger partial charge in [-0.25, -0.2) is 8.42 Å². The van der Waals surface area contributed by atoms with Crippen LogP contribution in [0.2, 0.25) is 10.0 Å². The Kier molecular flexibility index (Phi) is 7.48. The Hall–Kier alpha value is -2.26. The van der Waals surface area contributed by atoms with Crippen molar-refractivity contribution in [2.75, 3.05) is 23.3 Å². The van der Waals surface area contributed by atoms with Gasteiger partial charge in [0.25, 0.3) is 10.0 Å². The van der Waals surface area contributed by atoms with Crippen LogP contribution in [-0.2, 0) is 14.8 Å². The Balaban J connectivity index is 2.01. The van der Waals surface area contributed by atoms with Crippen molar-refractivity contribution < 1.29 is 17.9 Å². The Morgan fingerprint density at radius 1 is 1.06 bits per heavy atom. The second-order valence-electron chi connectivity index (χ2n) is 6.29. The lowest BCUT2D eigenvalue weighted by atomic mass is 10.3. The highest BCUT2D eigenvalue weighted by atomic mass is 79.9. The molecule has 0 heterocycles. The van der Waals surface area contributed by atoms with E-state index in [4.69, 9.17) is 27.9 Å². The summed E-state index contributed by atoms with van der Waals surface area (Å²) in [5.41, 5.74) is 0.599. The molecule has 0 saturated carbocycles. The third-order valence-corrected chi connectivity index (χ3v) is 7.36. The summed E-state index contributed by atoms with van der Waals surface area (Å²) in [6.07, 6.45) is 0. The maximum atomic E-state index is 13.6. The summed E-state index contributed by atoms with van der Waals surface area (Å²) in [5.74, 6) is -0.437. The van der Waals surface area contributed by atoms with Crippen molar-refractivity contribution in [1.29, 1.82) is 0 Å². The van der Waals surface area contributed by atoms with Crippen LogP contribution in [0.15, 0.2) is 76.1 Å². The third-order valence-electron chi connectivity index (χ3n) is 4.25. The van der Waals surface area contributed by atoms with Crippen LogP contribution in [0.3, 0.4) is 0 Å². The lowest BCUT2D eigenvalue weighted by Gasteiger charge is -2.25. The van der Waals surface area contributed by atoms with Crippen LogP contribution in [0.25, 0.3) is 0 Å². The number of carbonyl (C=O) groups excluding carboxylic acids is 1. The highest BCUT2D eigenvalue weighted by Crippen LogP contribution is 2.33. The number of hydrogen-bond acceptors (Lipinski definition) is 4. The van der Waals surface area contributed by atoms with Gasteiger partial charge in [-0.3, -0.25) is 9.10 Å². The van der Waals surface area contributed by atoms with E-state index in [0.29, 0.717) is 10.2 Å². The Bertz CT molecular complexity index is 1210. The standard InChI is InChI=1S/C21H17BrCl2N2O4S/c1-30-18-11-10-14(22)12-19(18)31(28,29)26(15-6-3-2-4-7-15)13-20(27)25-17-9-5-8-16(23)21(17)24/h2-12H,13H2,1H3,(H,25,27). The molecule has 0 saturated heterocycles. The molecule has 31 heavy (non-hydrogen) atoms. The zero-order chi connectivity index (χ0) is 22.6. The molecule has 3 aromatic carbocycles. The molecule has 0 aliphatic heterocycles. The summed E-state index contributed by atoms with van der Waals surface area (Å²) in [7, 11) is -2.79. The summed E-state index contributed by atoms with van der Waals surface area (Å²) >= 11 is 15.4. The van der Waals surface area contributed by atoms with Crippen LogP contribution in [0.4, 0.5) is 11.4 Å². The summed E-state index contributed by atoms with van der Waals surface area (Å²) in [5, 5.41) is 3.05. The van der Waals surface area contributed by atoms with E-state index in [2.05, 4.69) is 21.2 Å². The molecule has 0 aliphatic rings. The number of para-hydroxylation sites is 1. The van der Waals surface area contributed by atoms with E-state index >= 15 is 0 Å². The molecule has 0 unspecified atom stereocenters. The third kappa shape index (κ3) is 5.33. The molecule has 0 radical (unpaired) electrons. The first-order valence-corrected chi connectivity index (χ1v) is 11.9. The van der Waals surface area contributed by atoms with E-state index in [-0.39, 0.29) is 26.4 Å². The van der Waals surface area contributed by atoms with Crippen molar-refractivity contribution in [1.82, 2.24) is 0 Å².